The van der Waals surface area contributed by atoms with Crippen molar-refractivity contribution in [3.8, 4) is 47.9 Å². The number of urea groups is 4. The first-order valence-corrected chi connectivity index (χ1v) is 41.6. The highest BCUT2D eigenvalue weighted by Gasteiger charge is 2.61. The van der Waals surface area contributed by atoms with Gasteiger partial charge in [0.25, 0.3) is 0 Å². The normalized spacial score (nSPS) is 20.7. The summed E-state index contributed by atoms with van der Waals surface area (Å²) in [5, 5.41) is 52.8. The zero-order valence-corrected chi connectivity index (χ0v) is 73.2. The van der Waals surface area contributed by atoms with Crippen LogP contribution in [0.5, 0.6) is 0 Å². The van der Waals surface area contributed by atoms with Crippen molar-refractivity contribution in [3.63, 3.8) is 0 Å². The van der Waals surface area contributed by atoms with Crippen LogP contribution in [0.15, 0.2) is 291 Å². The van der Waals surface area contributed by atoms with Gasteiger partial charge in [-0.3, -0.25) is 39.2 Å². The molecular formula is C99H78Cl8N8O8. The standard InChI is InChI=1S/3C25H20Cl2N2O2.C24H18Cl2N2O2/c3*1-3-5-18-6-4-7-19(16-18)25(31)17(2)28(22-12-8-20(26)9-13-22)24(30)29(25)23-14-10-21(27)11-15-23;1-3-17-5-4-6-18(15-17)24(30)16(2)27(21-11-7-19(25)8-12-21)23(29)28(24)22-13-9-20(26)10-14-22/h3*4,6-17,31H,1-2H3;1,4-16,30H,2H3/t2*17-,25?;;/m10../s1. The van der Waals surface area contributed by atoms with E-state index < -0.39 is 47.1 Å². The van der Waals surface area contributed by atoms with Gasteiger partial charge in [-0.05, 0) is 291 Å². The van der Waals surface area contributed by atoms with Gasteiger partial charge in [-0.2, -0.15) is 0 Å². The van der Waals surface area contributed by atoms with Gasteiger partial charge in [-0.25, -0.2) is 19.2 Å². The van der Waals surface area contributed by atoms with Crippen LogP contribution in [0.4, 0.5) is 64.7 Å². The molecular weight excluding hydrogens is 1710 g/mol. The van der Waals surface area contributed by atoms with E-state index in [1.54, 1.807) is 284 Å². The summed E-state index contributed by atoms with van der Waals surface area (Å²) < 4.78 is 0. The van der Waals surface area contributed by atoms with Crippen molar-refractivity contribution < 1.29 is 39.6 Å². The third kappa shape index (κ3) is 17.5. The second kappa shape index (κ2) is 37.4. The molecule has 16 nitrogen and oxygen atoms in total. The molecule has 0 spiro atoms. The summed E-state index contributed by atoms with van der Waals surface area (Å²) in [5.41, 5.74) is 3.18. The summed E-state index contributed by atoms with van der Waals surface area (Å²) in [6, 6.07) is 80.2. The van der Waals surface area contributed by atoms with Crippen LogP contribution in [-0.4, -0.2) is 68.7 Å². The molecule has 0 aromatic heterocycles. The first kappa shape index (κ1) is 88.9. The van der Waals surface area contributed by atoms with E-state index in [1.807, 2.05) is 75.4 Å². The Morgan fingerprint density at radius 2 is 0.423 bits per heavy atom. The molecule has 4 fully saturated rings. The minimum Gasteiger partial charge on any atom is -0.365 e. The van der Waals surface area contributed by atoms with Crippen molar-refractivity contribution in [2.75, 3.05) is 39.2 Å². The van der Waals surface area contributed by atoms with Crippen LogP contribution >= 0.6 is 92.8 Å². The first-order chi connectivity index (χ1) is 58.9. The molecule has 4 aliphatic rings. The van der Waals surface area contributed by atoms with Gasteiger partial charge in [0, 0.05) is 130 Å². The molecule has 4 heterocycles. The number of benzene rings is 12. The second-order valence-corrected chi connectivity index (χ2v) is 32.5. The highest BCUT2D eigenvalue weighted by atomic mass is 35.5. The molecule has 8 amide bonds. The molecule has 0 bridgehead atoms. The number of terminal acetylenes is 1. The topological polar surface area (TPSA) is 175 Å². The zero-order valence-electron chi connectivity index (χ0n) is 67.1. The SMILES string of the molecule is C#Cc1cccc(C2(O)C(C)N(c3ccc(Cl)cc3)C(=O)N2c2ccc(Cl)cc2)c1.CC#Cc1cccc(C2(O)C(C)N(c3ccc(Cl)cc3)C(=O)N2c2ccc(Cl)cc2)c1.CC#Cc1cccc(C2(O)[C@@H](C)N(c3ccc(Cl)cc3)C(=O)N2c2ccc(Cl)cc2)c1.CC#Cc1cccc(C2(O)[C@H](C)N(c3ccc(Cl)cc3)C(=O)N2c2ccc(Cl)cc2)c1. The maximum atomic E-state index is 13.7. The molecule has 12 aromatic rings. The third-order valence-electron chi connectivity index (χ3n) is 21.7. The molecule has 6 unspecified atom stereocenters. The molecule has 0 radical (unpaired) electrons. The fourth-order valence-corrected chi connectivity index (χ4v) is 16.7. The van der Waals surface area contributed by atoms with Crippen LogP contribution in [0, 0.1) is 47.9 Å². The maximum absolute atomic E-state index is 13.7. The van der Waals surface area contributed by atoms with E-state index >= 15 is 0 Å². The Morgan fingerprint density at radius 3 is 0.593 bits per heavy atom. The van der Waals surface area contributed by atoms with Gasteiger partial charge in [-0.1, -0.05) is 165 Å². The van der Waals surface area contributed by atoms with E-state index in [0.29, 0.717) is 113 Å². The van der Waals surface area contributed by atoms with E-state index in [0.717, 1.165) is 16.7 Å². The maximum Gasteiger partial charge on any atom is 0.332 e. The summed E-state index contributed by atoms with van der Waals surface area (Å²) in [6.45, 7) is 12.5. The summed E-state index contributed by atoms with van der Waals surface area (Å²) in [5.74, 6) is 20.3. The van der Waals surface area contributed by atoms with Crippen LogP contribution < -0.4 is 39.2 Å². The van der Waals surface area contributed by atoms with Crippen molar-refractivity contribution in [2.24, 2.45) is 0 Å². The van der Waals surface area contributed by atoms with Gasteiger partial charge in [0.05, 0.1) is 24.2 Å². The van der Waals surface area contributed by atoms with Gasteiger partial charge in [0.2, 0.25) is 0 Å². The van der Waals surface area contributed by atoms with Gasteiger partial charge in [0.1, 0.15) is 0 Å². The highest BCUT2D eigenvalue weighted by Crippen LogP contribution is 2.51. The predicted molar refractivity (Wildman–Crippen MR) is 498 cm³/mol. The zero-order chi connectivity index (χ0) is 88.0. The smallest absolute Gasteiger partial charge is 0.332 e. The number of anilines is 8. The van der Waals surface area contributed by atoms with Gasteiger partial charge < -0.3 is 20.4 Å². The molecule has 123 heavy (non-hydrogen) atoms. The lowest BCUT2D eigenvalue weighted by molar-refractivity contribution is 0.0369. The average molecular weight is 1790 g/mol. The first-order valence-electron chi connectivity index (χ1n) is 38.6. The molecule has 0 aliphatic carbocycles. The molecule has 0 saturated carbocycles. The number of rotatable bonds is 12. The number of nitrogens with zero attached hydrogens (tertiary/aromatic N) is 8. The van der Waals surface area contributed by atoms with E-state index in [9.17, 15) is 39.6 Å². The molecule has 4 N–H and O–H groups in total. The third-order valence-corrected chi connectivity index (χ3v) is 23.7. The monoisotopic (exact) mass is 1790 g/mol. The molecule has 8 atom stereocenters. The number of halogens is 8. The Hall–Kier alpha value is -11.9. The predicted octanol–water partition coefficient (Wildman–Crippen LogP) is 23.8. The Balaban J connectivity index is 0.000000141. The Kier molecular flexibility index (Phi) is 27.1. The van der Waals surface area contributed by atoms with E-state index in [1.165, 1.54) is 19.6 Å². The summed E-state index contributed by atoms with van der Waals surface area (Å²) in [6.07, 6.45) is 5.57. The van der Waals surface area contributed by atoms with Crippen LogP contribution in [0.2, 0.25) is 40.2 Å². The van der Waals surface area contributed by atoms with E-state index in [2.05, 4.69) is 41.4 Å². The largest absolute Gasteiger partial charge is 0.365 e. The van der Waals surface area contributed by atoms with Crippen LogP contribution in [0.25, 0.3) is 0 Å². The minimum atomic E-state index is -1.67. The molecule has 4 saturated heterocycles. The van der Waals surface area contributed by atoms with Crippen LogP contribution in [0.3, 0.4) is 0 Å². The van der Waals surface area contributed by atoms with Crippen molar-refractivity contribution in [3.05, 3.63) is 376 Å². The quantitative estimate of drug-likeness (QED) is 0.0874. The second-order valence-electron chi connectivity index (χ2n) is 29.0. The molecule has 24 heteroatoms. The number of carbonyl (C=O) groups excluding carboxylic acids is 4. The number of carbonyl (C=O) groups is 4. The lowest BCUT2D eigenvalue weighted by Gasteiger charge is -2.35. The lowest BCUT2D eigenvalue weighted by atomic mass is 9.93. The average Bonchev–Trinajstić information content (AvgIpc) is 1.56. The minimum absolute atomic E-state index is 0.355. The van der Waals surface area contributed by atoms with Gasteiger partial charge in [-0.15, -0.1) is 24.2 Å². The number of aliphatic hydroxyl groups is 4. The Labute approximate surface area is 754 Å². The fourth-order valence-electron chi connectivity index (χ4n) is 15.7. The Bertz CT molecular complexity index is 5750. The summed E-state index contributed by atoms with van der Waals surface area (Å²) >= 11 is 48.4. The van der Waals surface area contributed by atoms with Crippen LogP contribution in [0.1, 0.15) is 93.0 Å². The van der Waals surface area contributed by atoms with Crippen molar-refractivity contribution >= 4 is 162 Å². The fraction of sp³-hybridized carbons (Fsp3) is 0.152. The van der Waals surface area contributed by atoms with Crippen molar-refractivity contribution in [1.82, 2.24) is 0 Å². The Morgan fingerprint density at radius 1 is 0.260 bits per heavy atom. The van der Waals surface area contributed by atoms with E-state index in [-0.39, 0.29) is 24.1 Å². The molecule has 12 aromatic carbocycles. The number of hydrogen-bond acceptors (Lipinski definition) is 8. The highest BCUT2D eigenvalue weighted by molar-refractivity contribution is 6.33. The summed E-state index contributed by atoms with van der Waals surface area (Å²) in [4.78, 5) is 66.5. The van der Waals surface area contributed by atoms with Gasteiger partial charge >= 0.3 is 24.1 Å². The summed E-state index contributed by atoms with van der Waals surface area (Å²) in [7, 11) is 0. The lowest BCUT2D eigenvalue weighted by Crippen LogP contribution is -2.48. The molecule has 16 rings (SSSR count). The number of hydrogen-bond donors (Lipinski definition) is 4. The van der Waals surface area contributed by atoms with Crippen LogP contribution in [-0.2, 0) is 22.9 Å². The van der Waals surface area contributed by atoms with Crippen molar-refractivity contribution in [2.45, 2.75) is 95.5 Å². The molecule has 618 valence electrons. The number of amides is 8. The van der Waals surface area contributed by atoms with Crippen molar-refractivity contribution in [1.29, 1.82) is 0 Å². The molecule has 4 aliphatic heterocycles. The van der Waals surface area contributed by atoms with E-state index in [4.69, 9.17) is 99.2 Å². The van der Waals surface area contributed by atoms with Gasteiger partial charge in [0.15, 0.2) is 22.9 Å².